The van der Waals surface area contributed by atoms with Gasteiger partial charge in [-0.2, -0.15) is 0 Å². The highest BCUT2D eigenvalue weighted by Crippen LogP contribution is 2.18. The van der Waals surface area contributed by atoms with E-state index in [4.69, 9.17) is 4.74 Å². The molecule has 1 rings (SSSR count). The van der Waals surface area contributed by atoms with Crippen LogP contribution in [0, 0.1) is 0 Å². The molecule has 0 aliphatic heterocycles. The zero-order valence-electron chi connectivity index (χ0n) is 11.3. The number of hydrogen-bond donors (Lipinski definition) is 2. The molecule has 0 spiro atoms. The van der Waals surface area contributed by atoms with Crippen LogP contribution in [0.3, 0.4) is 0 Å². The maximum absolute atomic E-state index is 11.9. The van der Waals surface area contributed by atoms with Gasteiger partial charge in [0.2, 0.25) is 0 Å². The lowest BCUT2D eigenvalue weighted by Crippen LogP contribution is -2.43. The van der Waals surface area contributed by atoms with Crippen LogP contribution in [-0.4, -0.2) is 42.3 Å². The summed E-state index contributed by atoms with van der Waals surface area (Å²) in [7, 11) is 1.37. The Labute approximate surface area is 120 Å². The molecule has 0 fully saturated rings. The molecule has 1 unspecified atom stereocenters. The van der Waals surface area contributed by atoms with E-state index >= 15 is 0 Å². The molecule has 1 atom stereocenters. The monoisotopic (exact) mass is 297 g/mol. The molecule has 8 heteroatoms. The molecule has 0 aliphatic rings. The van der Waals surface area contributed by atoms with Crippen LogP contribution in [0.5, 0.6) is 0 Å². The van der Waals surface area contributed by atoms with Gasteiger partial charge in [-0.25, -0.2) is 14.6 Å². The summed E-state index contributed by atoms with van der Waals surface area (Å²) in [5, 5.41) is 4.77. The summed E-state index contributed by atoms with van der Waals surface area (Å²) in [4.78, 5) is 38.5. The molecule has 0 aliphatic carbocycles. The number of thioether (sulfide) groups is 1. The van der Waals surface area contributed by atoms with Crippen LogP contribution in [-0.2, 0) is 9.53 Å². The number of aromatic nitrogens is 1. The maximum atomic E-state index is 11.9. The van der Waals surface area contributed by atoms with Gasteiger partial charge in [0.05, 0.1) is 5.56 Å². The summed E-state index contributed by atoms with van der Waals surface area (Å²) in [6.07, 6.45) is 2.25. The van der Waals surface area contributed by atoms with Crippen molar-refractivity contribution in [1.29, 1.82) is 0 Å². The van der Waals surface area contributed by atoms with Crippen molar-refractivity contribution in [3.63, 3.8) is 0 Å². The molecule has 0 aromatic carbocycles. The summed E-state index contributed by atoms with van der Waals surface area (Å²) in [6, 6.07) is 2.50. The van der Waals surface area contributed by atoms with E-state index in [0.717, 1.165) is 0 Å². The first-order valence-corrected chi connectivity index (χ1v) is 6.94. The number of esters is 1. The second kappa shape index (κ2) is 7.49. The van der Waals surface area contributed by atoms with E-state index < -0.39 is 24.0 Å². The highest BCUT2D eigenvalue weighted by molar-refractivity contribution is 7.98. The standard InChI is InChI=1S/C12H15N3O4S/c1-7(9(16)15-12(18)13-2)19-11(17)8-5-4-6-14-10(8)20-3/h4-7H,1-3H3,(H2,13,15,16,18). The number of rotatable bonds is 4. The number of urea groups is 1. The second-order valence-electron chi connectivity index (χ2n) is 3.68. The first-order chi connectivity index (χ1) is 9.49. The van der Waals surface area contributed by atoms with Crippen molar-refractivity contribution in [2.45, 2.75) is 18.1 Å². The van der Waals surface area contributed by atoms with Gasteiger partial charge in [-0.05, 0) is 25.3 Å². The summed E-state index contributed by atoms with van der Waals surface area (Å²) < 4.78 is 5.00. The zero-order chi connectivity index (χ0) is 15.1. The molecular weight excluding hydrogens is 282 g/mol. The Hall–Kier alpha value is -2.09. The molecule has 7 nitrogen and oxygen atoms in total. The van der Waals surface area contributed by atoms with E-state index in [1.54, 1.807) is 24.6 Å². The third-order valence-corrected chi connectivity index (χ3v) is 3.01. The first-order valence-electron chi connectivity index (χ1n) is 5.72. The second-order valence-corrected chi connectivity index (χ2v) is 4.47. The molecular formula is C12H15N3O4S. The Balaban J connectivity index is 2.70. The third kappa shape index (κ3) is 4.23. The molecule has 0 saturated carbocycles. The number of nitrogens with zero attached hydrogens (tertiary/aromatic N) is 1. The van der Waals surface area contributed by atoms with E-state index in [1.807, 2.05) is 5.32 Å². The normalized spacial score (nSPS) is 11.3. The molecule has 0 radical (unpaired) electrons. The van der Waals surface area contributed by atoms with Gasteiger partial charge in [-0.15, -0.1) is 11.8 Å². The lowest BCUT2D eigenvalue weighted by molar-refractivity contribution is -0.127. The quantitative estimate of drug-likeness (QED) is 0.630. The zero-order valence-corrected chi connectivity index (χ0v) is 12.1. The van der Waals surface area contributed by atoms with Gasteiger partial charge in [-0.1, -0.05) is 0 Å². The van der Waals surface area contributed by atoms with Crippen molar-refractivity contribution in [2.24, 2.45) is 0 Å². The van der Waals surface area contributed by atoms with Crippen molar-refractivity contribution in [3.05, 3.63) is 23.9 Å². The Morgan fingerprint density at radius 3 is 2.70 bits per heavy atom. The molecule has 108 valence electrons. The van der Waals surface area contributed by atoms with E-state index in [0.29, 0.717) is 5.03 Å². The lowest BCUT2D eigenvalue weighted by atomic mass is 10.3. The summed E-state index contributed by atoms with van der Waals surface area (Å²) in [5.74, 6) is -1.37. The third-order valence-electron chi connectivity index (χ3n) is 2.30. The van der Waals surface area contributed by atoms with E-state index in [-0.39, 0.29) is 5.56 Å². The van der Waals surface area contributed by atoms with Crippen LogP contribution < -0.4 is 10.6 Å². The van der Waals surface area contributed by atoms with Crippen molar-refractivity contribution >= 4 is 29.7 Å². The van der Waals surface area contributed by atoms with Crippen molar-refractivity contribution in [3.8, 4) is 0 Å². The molecule has 3 amide bonds. The van der Waals surface area contributed by atoms with Gasteiger partial charge in [0.15, 0.2) is 6.10 Å². The number of amides is 3. The molecule has 20 heavy (non-hydrogen) atoms. The topological polar surface area (TPSA) is 97.4 Å². The van der Waals surface area contributed by atoms with Gasteiger partial charge < -0.3 is 10.1 Å². The van der Waals surface area contributed by atoms with Crippen molar-refractivity contribution < 1.29 is 19.1 Å². The smallest absolute Gasteiger partial charge is 0.341 e. The maximum Gasteiger partial charge on any atom is 0.341 e. The number of nitrogens with one attached hydrogen (secondary N) is 2. The molecule has 1 heterocycles. The number of imide groups is 1. The average Bonchev–Trinajstić information content (AvgIpc) is 2.46. The van der Waals surface area contributed by atoms with Gasteiger partial charge in [0.25, 0.3) is 5.91 Å². The minimum Gasteiger partial charge on any atom is -0.449 e. The fourth-order valence-electron chi connectivity index (χ4n) is 1.26. The minimum atomic E-state index is -1.09. The van der Waals surface area contributed by atoms with Crippen LogP contribution in [0.4, 0.5) is 4.79 Å². The SMILES string of the molecule is CNC(=O)NC(=O)C(C)OC(=O)c1cccnc1SC. The highest BCUT2D eigenvalue weighted by Gasteiger charge is 2.22. The Morgan fingerprint density at radius 2 is 2.10 bits per heavy atom. The van der Waals surface area contributed by atoms with Gasteiger partial charge in [-0.3, -0.25) is 10.1 Å². The summed E-state index contributed by atoms with van der Waals surface area (Å²) >= 11 is 1.30. The summed E-state index contributed by atoms with van der Waals surface area (Å²) in [6.45, 7) is 1.38. The van der Waals surface area contributed by atoms with Gasteiger partial charge in [0.1, 0.15) is 5.03 Å². The molecule has 2 N–H and O–H groups in total. The molecule has 0 bridgehead atoms. The number of carbonyl (C=O) groups excluding carboxylic acids is 3. The average molecular weight is 297 g/mol. The first kappa shape index (κ1) is 16.0. The molecule has 1 aromatic heterocycles. The number of pyridine rings is 1. The van der Waals surface area contributed by atoms with Crippen LogP contribution in [0.15, 0.2) is 23.4 Å². The van der Waals surface area contributed by atoms with Crippen LogP contribution >= 0.6 is 11.8 Å². The highest BCUT2D eigenvalue weighted by atomic mass is 32.2. The molecule has 1 aromatic rings. The Bertz CT molecular complexity index is 521. The van der Waals surface area contributed by atoms with E-state index in [1.165, 1.54) is 25.7 Å². The Morgan fingerprint density at radius 1 is 1.40 bits per heavy atom. The number of hydrogen-bond acceptors (Lipinski definition) is 6. The predicted octanol–water partition coefficient (Wildman–Crippen LogP) is 0.804. The van der Waals surface area contributed by atoms with Crippen LogP contribution in [0.25, 0.3) is 0 Å². The molecule has 0 saturated heterocycles. The predicted molar refractivity (Wildman–Crippen MR) is 73.5 cm³/mol. The summed E-state index contributed by atoms with van der Waals surface area (Å²) in [5.41, 5.74) is 0.277. The van der Waals surface area contributed by atoms with E-state index in [9.17, 15) is 14.4 Å². The van der Waals surface area contributed by atoms with Gasteiger partial charge >= 0.3 is 12.0 Å². The number of carbonyl (C=O) groups is 3. The minimum absolute atomic E-state index is 0.277. The fraction of sp³-hybridized carbons (Fsp3) is 0.333. The fourth-order valence-corrected chi connectivity index (χ4v) is 1.80. The number of ether oxygens (including phenoxy) is 1. The largest absolute Gasteiger partial charge is 0.449 e. The lowest BCUT2D eigenvalue weighted by Gasteiger charge is -2.13. The van der Waals surface area contributed by atoms with Crippen molar-refractivity contribution in [1.82, 2.24) is 15.6 Å². The van der Waals surface area contributed by atoms with Crippen molar-refractivity contribution in [2.75, 3.05) is 13.3 Å². The Kier molecular flexibility index (Phi) is 5.98. The van der Waals surface area contributed by atoms with Gasteiger partial charge in [0, 0.05) is 13.2 Å². The van der Waals surface area contributed by atoms with Crippen LogP contribution in [0.2, 0.25) is 0 Å². The van der Waals surface area contributed by atoms with Crippen LogP contribution in [0.1, 0.15) is 17.3 Å². The van der Waals surface area contributed by atoms with E-state index in [2.05, 4.69) is 10.3 Å².